The molecule has 0 saturated heterocycles. The van der Waals surface area contributed by atoms with E-state index in [1.807, 2.05) is 49.4 Å². The standard InChI is InChI=1S/C25H29F4N3O/c1-17-18(7-4-9-22(17)33-15-13-30-12-5-11-26)24-23-20(10-14-32(24)16-25(27,28)29)19-6-2-3-8-21(19)31-23/h2-4,6-9,24,30-31H,5,10-16H2,1H3. The molecule has 178 valence electrons. The lowest BCUT2D eigenvalue weighted by atomic mass is 9.90. The van der Waals surface area contributed by atoms with E-state index in [-0.39, 0.29) is 6.67 Å². The Morgan fingerprint density at radius 2 is 1.94 bits per heavy atom. The second-order valence-electron chi connectivity index (χ2n) is 8.41. The maximum atomic E-state index is 13.5. The molecule has 1 atom stereocenters. The molecule has 2 aromatic carbocycles. The van der Waals surface area contributed by atoms with Crippen LogP contribution in [0, 0.1) is 6.92 Å². The van der Waals surface area contributed by atoms with Crippen molar-refractivity contribution >= 4 is 10.9 Å². The third kappa shape index (κ3) is 5.33. The molecule has 0 amide bonds. The topological polar surface area (TPSA) is 40.3 Å². The lowest BCUT2D eigenvalue weighted by Gasteiger charge is -2.37. The van der Waals surface area contributed by atoms with Crippen molar-refractivity contribution in [2.24, 2.45) is 0 Å². The Labute approximate surface area is 190 Å². The summed E-state index contributed by atoms with van der Waals surface area (Å²) >= 11 is 0. The summed E-state index contributed by atoms with van der Waals surface area (Å²) < 4.78 is 58.6. The number of hydrogen-bond acceptors (Lipinski definition) is 3. The van der Waals surface area contributed by atoms with Gasteiger partial charge in [0.25, 0.3) is 0 Å². The largest absolute Gasteiger partial charge is 0.492 e. The molecular weight excluding hydrogens is 434 g/mol. The second-order valence-corrected chi connectivity index (χ2v) is 8.41. The van der Waals surface area contributed by atoms with Gasteiger partial charge in [-0.15, -0.1) is 0 Å². The average Bonchev–Trinajstić information content (AvgIpc) is 3.15. The molecule has 4 rings (SSSR count). The molecule has 33 heavy (non-hydrogen) atoms. The number of ether oxygens (including phenoxy) is 1. The van der Waals surface area contributed by atoms with Crippen LogP contribution in [0.5, 0.6) is 5.75 Å². The summed E-state index contributed by atoms with van der Waals surface area (Å²) in [7, 11) is 0. The first-order valence-corrected chi connectivity index (χ1v) is 11.3. The van der Waals surface area contributed by atoms with E-state index < -0.39 is 18.8 Å². The Kier molecular flexibility index (Phi) is 7.24. The maximum Gasteiger partial charge on any atom is 0.401 e. The van der Waals surface area contributed by atoms with Crippen LogP contribution >= 0.6 is 0 Å². The summed E-state index contributed by atoms with van der Waals surface area (Å²) in [5.41, 5.74) is 4.46. The van der Waals surface area contributed by atoms with Crippen LogP contribution in [-0.4, -0.2) is 55.5 Å². The Bertz CT molecular complexity index is 1080. The van der Waals surface area contributed by atoms with Crippen LogP contribution in [-0.2, 0) is 6.42 Å². The van der Waals surface area contributed by atoms with E-state index in [9.17, 15) is 17.6 Å². The lowest BCUT2D eigenvalue weighted by molar-refractivity contribution is -0.150. The van der Waals surface area contributed by atoms with E-state index in [1.54, 1.807) is 0 Å². The fourth-order valence-electron chi connectivity index (χ4n) is 4.68. The number of nitrogens with one attached hydrogen (secondary N) is 2. The maximum absolute atomic E-state index is 13.5. The molecule has 1 unspecified atom stereocenters. The number of alkyl halides is 4. The molecule has 1 aliphatic heterocycles. The van der Waals surface area contributed by atoms with Crippen molar-refractivity contribution in [3.8, 4) is 5.75 Å². The van der Waals surface area contributed by atoms with Gasteiger partial charge in [0.05, 0.1) is 19.3 Å². The third-order valence-electron chi connectivity index (χ3n) is 6.16. The molecule has 1 aliphatic rings. The second kappa shape index (κ2) is 10.1. The summed E-state index contributed by atoms with van der Waals surface area (Å²) in [6, 6.07) is 12.9. The van der Waals surface area contributed by atoms with Gasteiger partial charge >= 0.3 is 6.18 Å². The fourth-order valence-corrected chi connectivity index (χ4v) is 4.68. The zero-order valence-electron chi connectivity index (χ0n) is 18.6. The number of H-pyrrole nitrogens is 1. The first-order valence-electron chi connectivity index (χ1n) is 11.3. The van der Waals surface area contributed by atoms with Crippen molar-refractivity contribution in [3.05, 3.63) is 64.8 Å². The number of rotatable bonds is 9. The first-order chi connectivity index (χ1) is 15.9. The number of aromatic amines is 1. The van der Waals surface area contributed by atoms with E-state index in [0.717, 1.165) is 33.3 Å². The molecule has 2 N–H and O–H groups in total. The number of fused-ring (bicyclic) bond motifs is 3. The average molecular weight is 464 g/mol. The summed E-state index contributed by atoms with van der Waals surface area (Å²) in [6.07, 6.45) is -3.28. The molecule has 0 saturated carbocycles. The molecule has 0 fully saturated rings. The molecule has 8 heteroatoms. The van der Waals surface area contributed by atoms with Gasteiger partial charge in [0.1, 0.15) is 12.4 Å². The minimum Gasteiger partial charge on any atom is -0.492 e. The highest BCUT2D eigenvalue weighted by Crippen LogP contribution is 2.41. The Morgan fingerprint density at radius 1 is 1.12 bits per heavy atom. The summed E-state index contributed by atoms with van der Waals surface area (Å²) in [4.78, 5) is 4.91. The molecule has 3 aromatic rings. The number of para-hydroxylation sites is 1. The normalized spacial score (nSPS) is 16.8. The summed E-state index contributed by atoms with van der Waals surface area (Å²) in [5, 5.41) is 4.17. The van der Waals surface area contributed by atoms with E-state index in [4.69, 9.17) is 4.74 Å². The number of nitrogens with zero attached hydrogens (tertiary/aromatic N) is 1. The van der Waals surface area contributed by atoms with Gasteiger partial charge in [-0.1, -0.05) is 30.3 Å². The van der Waals surface area contributed by atoms with Crippen LogP contribution in [0.3, 0.4) is 0 Å². The highest BCUT2D eigenvalue weighted by Gasteiger charge is 2.39. The first kappa shape index (κ1) is 23.6. The van der Waals surface area contributed by atoms with Crippen molar-refractivity contribution in [1.29, 1.82) is 0 Å². The van der Waals surface area contributed by atoms with Gasteiger partial charge in [0.15, 0.2) is 0 Å². The Morgan fingerprint density at radius 3 is 2.73 bits per heavy atom. The minimum absolute atomic E-state index is 0.321. The number of hydrogen-bond donors (Lipinski definition) is 2. The van der Waals surface area contributed by atoms with Crippen LogP contribution in [0.4, 0.5) is 17.6 Å². The molecule has 0 spiro atoms. The van der Waals surface area contributed by atoms with Crippen LogP contribution in [0.25, 0.3) is 10.9 Å². The van der Waals surface area contributed by atoms with Crippen LogP contribution in [0.15, 0.2) is 42.5 Å². The third-order valence-corrected chi connectivity index (χ3v) is 6.16. The van der Waals surface area contributed by atoms with Crippen molar-refractivity contribution in [2.45, 2.75) is 32.0 Å². The highest BCUT2D eigenvalue weighted by atomic mass is 19.4. The Balaban J connectivity index is 1.66. The van der Waals surface area contributed by atoms with Gasteiger partial charge in [0, 0.05) is 29.7 Å². The number of benzene rings is 2. The highest BCUT2D eigenvalue weighted by molar-refractivity contribution is 5.85. The van der Waals surface area contributed by atoms with Crippen LogP contribution < -0.4 is 10.1 Å². The molecule has 4 nitrogen and oxygen atoms in total. The summed E-state index contributed by atoms with van der Waals surface area (Å²) in [5.74, 6) is 0.648. The molecule has 0 bridgehead atoms. The van der Waals surface area contributed by atoms with Gasteiger partial charge in [0.2, 0.25) is 0 Å². The number of halogens is 4. The van der Waals surface area contributed by atoms with Crippen molar-refractivity contribution in [3.63, 3.8) is 0 Å². The smallest absolute Gasteiger partial charge is 0.401 e. The van der Waals surface area contributed by atoms with Gasteiger partial charge in [-0.25, -0.2) is 0 Å². The Hall–Kier alpha value is -2.58. The zero-order chi connectivity index (χ0) is 23.4. The SMILES string of the molecule is Cc1c(OCCNCCCF)cccc1C1c2[nH]c3ccccc3c2CCN1CC(F)(F)F. The monoisotopic (exact) mass is 463 g/mol. The lowest BCUT2D eigenvalue weighted by Crippen LogP contribution is -2.42. The van der Waals surface area contributed by atoms with Crippen molar-refractivity contribution in [2.75, 3.05) is 39.5 Å². The van der Waals surface area contributed by atoms with Gasteiger partial charge in [-0.3, -0.25) is 9.29 Å². The predicted molar refractivity (Wildman–Crippen MR) is 122 cm³/mol. The van der Waals surface area contributed by atoms with E-state index in [0.29, 0.717) is 44.8 Å². The predicted octanol–water partition coefficient (Wildman–Crippen LogP) is 5.31. The van der Waals surface area contributed by atoms with E-state index >= 15 is 0 Å². The van der Waals surface area contributed by atoms with Crippen molar-refractivity contribution < 1.29 is 22.3 Å². The van der Waals surface area contributed by atoms with E-state index in [2.05, 4.69) is 10.3 Å². The van der Waals surface area contributed by atoms with Gasteiger partial charge in [-0.05, 0) is 55.1 Å². The van der Waals surface area contributed by atoms with Gasteiger partial charge < -0.3 is 15.0 Å². The molecule has 0 radical (unpaired) electrons. The van der Waals surface area contributed by atoms with Crippen LogP contribution in [0.1, 0.15) is 34.8 Å². The van der Waals surface area contributed by atoms with E-state index in [1.165, 1.54) is 4.90 Å². The fraction of sp³-hybridized carbons (Fsp3) is 0.440. The number of aromatic nitrogens is 1. The summed E-state index contributed by atoms with van der Waals surface area (Å²) in [6.45, 7) is 2.42. The molecule has 0 aliphatic carbocycles. The van der Waals surface area contributed by atoms with Gasteiger partial charge in [-0.2, -0.15) is 13.2 Å². The van der Waals surface area contributed by atoms with Crippen LogP contribution in [0.2, 0.25) is 0 Å². The molecule has 1 aromatic heterocycles. The quantitative estimate of drug-likeness (QED) is 0.334. The minimum atomic E-state index is -4.30. The van der Waals surface area contributed by atoms with Crippen molar-refractivity contribution in [1.82, 2.24) is 15.2 Å². The molecule has 2 heterocycles. The molecular formula is C25H29F4N3O. The zero-order valence-corrected chi connectivity index (χ0v) is 18.6.